The number of piperidine rings is 1. The van der Waals surface area contributed by atoms with Crippen molar-refractivity contribution in [3.05, 3.63) is 53.1 Å². The molecule has 38 heavy (non-hydrogen) atoms. The van der Waals surface area contributed by atoms with E-state index in [0.29, 0.717) is 43.9 Å². The zero-order chi connectivity index (χ0) is 27.5. The third-order valence-electron chi connectivity index (χ3n) is 7.11. The molecule has 12 heteroatoms. The minimum atomic E-state index is -4.78. The van der Waals surface area contributed by atoms with Crippen LogP contribution < -0.4 is 10.2 Å². The van der Waals surface area contributed by atoms with Gasteiger partial charge in [0.2, 0.25) is 5.91 Å². The molecule has 0 aromatic heterocycles. The molecule has 1 amide bonds. The molecule has 4 rings (SSSR count). The zero-order valence-corrected chi connectivity index (χ0v) is 22.7. The number of anilines is 2. The quantitative estimate of drug-likeness (QED) is 0.531. The molecular formula is C26H32ClF3N4O3S. The number of halogens is 4. The topological polar surface area (TPSA) is 73.0 Å². The van der Waals surface area contributed by atoms with Crippen molar-refractivity contribution in [3.8, 4) is 0 Å². The molecule has 0 spiro atoms. The molecule has 0 atom stereocenters. The maximum absolute atomic E-state index is 13.4. The molecule has 2 saturated heterocycles. The van der Waals surface area contributed by atoms with Gasteiger partial charge in [0.25, 0.3) is 0 Å². The molecule has 0 unspecified atom stereocenters. The van der Waals surface area contributed by atoms with Gasteiger partial charge in [0, 0.05) is 80.9 Å². The van der Waals surface area contributed by atoms with Crippen LogP contribution in [0.15, 0.2) is 47.4 Å². The molecular weight excluding hydrogens is 541 g/mol. The van der Waals surface area contributed by atoms with E-state index in [0.717, 1.165) is 50.3 Å². The fraction of sp³-hybridized carbons (Fsp3) is 0.500. The van der Waals surface area contributed by atoms with Gasteiger partial charge in [-0.15, -0.1) is 0 Å². The first-order chi connectivity index (χ1) is 17.9. The third kappa shape index (κ3) is 7.33. The molecule has 2 heterocycles. The zero-order valence-electron chi connectivity index (χ0n) is 21.2. The molecule has 2 aromatic rings. The Balaban J connectivity index is 1.22. The molecule has 0 radical (unpaired) electrons. The van der Waals surface area contributed by atoms with Crippen molar-refractivity contribution in [2.75, 3.05) is 62.3 Å². The normalized spacial score (nSPS) is 18.0. The van der Waals surface area contributed by atoms with Crippen LogP contribution in [0.4, 0.5) is 24.5 Å². The van der Waals surface area contributed by atoms with Crippen molar-refractivity contribution < 1.29 is 26.4 Å². The number of nitrogens with zero attached hydrogens (tertiary/aromatic N) is 3. The Morgan fingerprint density at radius 2 is 1.63 bits per heavy atom. The van der Waals surface area contributed by atoms with Crippen LogP contribution in [-0.4, -0.2) is 82.2 Å². The lowest BCUT2D eigenvalue weighted by Gasteiger charge is -2.37. The third-order valence-corrected chi connectivity index (χ3v) is 8.52. The first-order valence-electron chi connectivity index (χ1n) is 12.6. The van der Waals surface area contributed by atoms with Crippen LogP contribution in [0.3, 0.4) is 0 Å². The van der Waals surface area contributed by atoms with E-state index in [9.17, 15) is 26.4 Å². The fourth-order valence-electron chi connectivity index (χ4n) is 4.97. The van der Waals surface area contributed by atoms with Crippen molar-refractivity contribution in [1.82, 2.24) is 9.80 Å². The first-order valence-corrected chi connectivity index (χ1v) is 14.9. The van der Waals surface area contributed by atoms with Gasteiger partial charge in [-0.2, -0.15) is 13.2 Å². The summed E-state index contributed by atoms with van der Waals surface area (Å²) in [6.45, 7) is 5.25. The van der Waals surface area contributed by atoms with Crippen molar-refractivity contribution >= 4 is 38.7 Å². The van der Waals surface area contributed by atoms with Crippen LogP contribution in [0.5, 0.6) is 0 Å². The number of amides is 1. The second-order valence-corrected chi connectivity index (χ2v) is 12.3. The molecule has 1 N–H and O–H groups in total. The average molecular weight is 573 g/mol. The van der Waals surface area contributed by atoms with Gasteiger partial charge in [0.05, 0.1) is 10.5 Å². The van der Waals surface area contributed by atoms with Crippen molar-refractivity contribution in [2.45, 2.75) is 36.4 Å². The van der Waals surface area contributed by atoms with E-state index in [-0.39, 0.29) is 17.6 Å². The minimum Gasteiger partial charge on any atom is -0.382 e. The lowest BCUT2D eigenvalue weighted by Crippen LogP contribution is -2.48. The Morgan fingerprint density at radius 1 is 1.00 bits per heavy atom. The smallest absolute Gasteiger partial charge is 0.382 e. The molecule has 208 valence electrons. The highest BCUT2D eigenvalue weighted by atomic mass is 35.5. The van der Waals surface area contributed by atoms with E-state index in [4.69, 9.17) is 11.6 Å². The van der Waals surface area contributed by atoms with Crippen LogP contribution in [0, 0.1) is 0 Å². The maximum atomic E-state index is 13.4. The highest BCUT2D eigenvalue weighted by Gasteiger charge is 2.36. The Kier molecular flexibility index (Phi) is 8.78. The number of likely N-dealkylation sites (tertiary alicyclic amines) is 1. The summed E-state index contributed by atoms with van der Waals surface area (Å²) in [6.07, 6.45) is -2.39. The Hall–Kier alpha value is -2.50. The number of carbonyl (C=O) groups excluding carboxylic acids is 1. The predicted octanol–water partition coefficient (Wildman–Crippen LogP) is 4.38. The average Bonchev–Trinajstić information content (AvgIpc) is 2.87. The van der Waals surface area contributed by atoms with Gasteiger partial charge in [-0.25, -0.2) is 8.42 Å². The highest BCUT2D eigenvalue weighted by molar-refractivity contribution is 7.90. The predicted molar refractivity (Wildman–Crippen MR) is 143 cm³/mol. The van der Waals surface area contributed by atoms with E-state index in [1.54, 1.807) is 0 Å². The molecule has 2 aliphatic heterocycles. The standard InChI is InChI=1S/C26H32ClF3N4O3S/c1-38(36,37)24-7-4-21(18-23(24)26(28,29)30)31-20-8-12-34(13-9-20)25(35)10-11-32-14-16-33(17-15-32)22-5-2-19(27)3-6-22/h2-7,18,20,31H,8-17H2,1H3. The Morgan fingerprint density at radius 3 is 2.21 bits per heavy atom. The summed E-state index contributed by atoms with van der Waals surface area (Å²) >= 11 is 5.97. The van der Waals surface area contributed by atoms with Crippen LogP contribution in [-0.2, 0) is 20.8 Å². The fourth-order valence-corrected chi connectivity index (χ4v) is 5.98. The molecule has 0 aliphatic carbocycles. The van der Waals surface area contributed by atoms with E-state index >= 15 is 0 Å². The highest BCUT2D eigenvalue weighted by Crippen LogP contribution is 2.36. The van der Waals surface area contributed by atoms with Gasteiger partial charge < -0.3 is 15.1 Å². The van der Waals surface area contributed by atoms with Crippen LogP contribution >= 0.6 is 11.6 Å². The SMILES string of the molecule is CS(=O)(=O)c1ccc(NC2CCN(C(=O)CCN3CCN(c4ccc(Cl)cc4)CC3)CC2)cc1C(F)(F)F. The van der Waals surface area contributed by atoms with Crippen molar-refractivity contribution in [1.29, 1.82) is 0 Å². The summed E-state index contributed by atoms with van der Waals surface area (Å²) in [5.41, 5.74) is 0.182. The largest absolute Gasteiger partial charge is 0.417 e. The van der Waals surface area contributed by atoms with Gasteiger partial charge >= 0.3 is 6.18 Å². The van der Waals surface area contributed by atoms with Gasteiger partial charge in [-0.05, 0) is 55.3 Å². The molecule has 2 aromatic carbocycles. The minimum absolute atomic E-state index is 0.0837. The number of benzene rings is 2. The number of rotatable bonds is 7. The summed E-state index contributed by atoms with van der Waals surface area (Å²) in [5, 5.41) is 3.80. The molecule has 2 fully saturated rings. The van der Waals surface area contributed by atoms with Gasteiger partial charge in [-0.1, -0.05) is 11.6 Å². The maximum Gasteiger partial charge on any atom is 0.417 e. The number of piperazine rings is 1. The molecule has 2 aliphatic rings. The van der Waals surface area contributed by atoms with Gasteiger partial charge in [0.15, 0.2) is 9.84 Å². The Bertz CT molecular complexity index is 1230. The number of hydrogen-bond donors (Lipinski definition) is 1. The second kappa shape index (κ2) is 11.7. The molecule has 0 saturated carbocycles. The van der Waals surface area contributed by atoms with Crippen molar-refractivity contribution in [3.63, 3.8) is 0 Å². The lowest BCUT2D eigenvalue weighted by molar-refractivity contribution is -0.139. The monoisotopic (exact) mass is 572 g/mol. The Labute approximate surface area is 226 Å². The lowest BCUT2D eigenvalue weighted by atomic mass is 10.0. The van der Waals surface area contributed by atoms with E-state index < -0.39 is 26.5 Å². The van der Waals surface area contributed by atoms with Crippen molar-refractivity contribution in [2.24, 2.45) is 0 Å². The van der Waals surface area contributed by atoms with Crippen LogP contribution in [0.2, 0.25) is 5.02 Å². The number of alkyl halides is 3. The second-order valence-electron chi connectivity index (χ2n) is 9.84. The number of sulfone groups is 1. The van der Waals surface area contributed by atoms with Crippen LogP contribution in [0.25, 0.3) is 0 Å². The summed E-state index contributed by atoms with van der Waals surface area (Å²) < 4.78 is 63.9. The van der Waals surface area contributed by atoms with E-state index in [2.05, 4.69) is 15.1 Å². The summed E-state index contributed by atoms with van der Waals surface area (Å²) in [4.78, 5) is 18.5. The number of nitrogens with one attached hydrogen (secondary N) is 1. The summed E-state index contributed by atoms with van der Waals surface area (Å²) in [5.74, 6) is 0.0837. The van der Waals surface area contributed by atoms with E-state index in [1.165, 1.54) is 6.07 Å². The molecule has 0 bridgehead atoms. The number of hydrogen-bond acceptors (Lipinski definition) is 6. The van der Waals surface area contributed by atoms with Crippen LogP contribution in [0.1, 0.15) is 24.8 Å². The summed E-state index contributed by atoms with van der Waals surface area (Å²) in [7, 11) is -4.02. The first kappa shape index (κ1) is 28.5. The summed E-state index contributed by atoms with van der Waals surface area (Å²) in [6, 6.07) is 10.9. The van der Waals surface area contributed by atoms with Gasteiger partial charge in [-0.3, -0.25) is 9.69 Å². The van der Waals surface area contributed by atoms with Gasteiger partial charge in [0.1, 0.15) is 0 Å². The molecule has 7 nitrogen and oxygen atoms in total. The van der Waals surface area contributed by atoms with E-state index in [1.807, 2.05) is 29.2 Å². The number of carbonyl (C=O) groups is 1.